The molecule has 13 heteroatoms. The Morgan fingerprint density at radius 2 is 1.44 bits per heavy atom. The highest BCUT2D eigenvalue weighted by Gasteiger charge is 2.18. The molecule has 0 unspecified atom stereocenters. The minimum atomic E-state index is -0.395. The highest BCUT2D eigenvalue weighted by molar-refractivity contribution is 6.07. The number of nitrogens with zero attached hydrogens (tertiary/aromatic N) is 5. The number of amidine groups is 1. The van der Waals surface area contributed by atoms with Crippen molar-refractivity contribution in [3.05, 3.63) is 95.1 Å². The average molecular weight is 648 g/mol. The Morgan fingerprint density at radius 3 is 2.15 bits per heavy atom. The van der Waals surface area contributed by atoms with E-state index in [2.05, 4.69) is 36.6 Å². The summed E-state index contributed by atoms with van der Waals surface area (Å²) in [5, 5.41) is 19.9. The van der Waals surface area contributed by atoms with E-state index in [9.17, 15) is 14.4 Å². The van der Waals surface area contributed by atoms with Gasteiger partial charge in [-0.05, 0) is 77.1 Å². The third kappa shape index (κ3) is 7.52. The monoisotopic (exact) mass is 647 g/mol. The van der Waals surface area contributed by atoms with E-state index >= 15 is 0 Å². The van der Waals surface area contributed by atoms with Crippen LogP contribution in [-0.4, -0.2) is 67.5 Å². The first-order valence-electron chi connectivity index (χ1n) is 16.2. The van der Waals surface area contributed by atoms with Gasteiger partial charge in [0, 0.05) is 58.1 Å². The van der Waals surface area contributed by atoms with Gasteiger partial charge >= 0.3 is 0 Å². The number of amides is 3. The maximum absolute atomic E-state index is 13.2. The minimum absolute atomic E-state index is 0.290. The summed E-state index contributed by atoms with van der Waals surface area (Å²) < 4.78 is 15.5. The van der Waals surface area contributed by atoms with Gasteiger partial charge in [0.2, 0.25) is 0 Å². The number of carbonyl (C=O) groups excluding carboxylic acids is 3. The van der Waals surface area contributed by atoms with Crippen molar-refractivity contribution in [3.63, 3.8) is 0 Å². The zero-order valence-electron chi connectivity index (χ0n) is 27.8. The maximum atomic E-state index is 13.2. The molecule has 3 aromatic heterocycles. The molecule has 0 spiro atoms. The van der Waals surface area contributed by atoms with Crippen molar-refractivity contribution in [2.45, 2.75) is 25.7 Å². The van der Waals surface area contributed by atoms with Gasteiger partial charge in [0.05, 0.1) is 17.2 Å². The second-order valence-corrected chi connectivity index (χ2v) is 11.8. The molecule has 4 heterocycles. The summed E-state index contributed by atoms with van der Waals surface area (Å²) >= 11 is 0. The van der Waals surface area contributed by atoms with Crippen LogP contribution in [0, 0.1) is 5.40 Å². The fourth-order valence-corrected chi connectivity index (χ4v) is 5.65. The molecule has 1 saturated heterocycles. The number of benzene rings is 2. The quantitative estimate of drug-likeness (QED) is 0.0925. The van der Waals surface area contributed by atoms with Gasteiger partial charge in [0.1, 0.15) is 22.4 Å². The van der Waals surface area contributed by atoms with Crippen molar-refractivity contribution in [1.29, 1.82) is 5.40 Å². The molecule has 1 aliphatic rings. The predicted octanol–water partition coefficient (Wildman–Crippen LogP) is 5.16. The lowest BCUT2D eigenvalue weighted by atomic mass is 10.1. The highest BCUT2D eigenvalue weighted by Crippen LogP contribution is 2.19. The third-order valence-corrected chi connectivity index (χ3v) is 8.27. The summed E-state index contributed by atoms with van der Waals surface area (Å²) in [6, 6.07) is 16.0. The van der Waals surface area contributed by atoms with Crippen LogP contribution in [0.25, 0.3) is 23.2 Å². The van der Waals surface area contributed by atoms with Crippen molar-refractivity contribution < 1.29 is 20.4 Å². The van der Waals surface area contributed by atoms with Gasteiger partial charge in [-0.2, -0.15) is 0 Å². The number of hydrogen-bond donors (Lipinski definition) is 4. The molecule has 4 N–H and O–H groups in total. The smallest absolute Gasteiger partial charge is 0.272 e. The molecule has 246 valence electrons. The first-order valence-corrected chi connectivity index (χ1v) is 15.8. The molecule has 1 fully saturated rings. The lowest BCUT2D eigenvalue weighted by Gasteiger charge is -2.29. The number of fused-ring (bicyclic) bond motifs is 1. The number of hydrogen-bond acceptors (Lipinski definition) is 7. The van der Waals surface area contributed by atoms with Crippen LogP contribution >= 0.6 is 0 Å². The van der Waals surface area contributed by atoms with Crippen molar-refractivity contribution in [3.8, 4) is 0 Å². The number of aryl methyl sites for hydroxylation is 2. The first kappa shape index (κ1) is 30.7. The van der Waals surface area contributed by atoms with Gasteiger partial charge in [0.15, 0.2) is 1.41 Å². The number of likely N-dealkylation sites (tertiary alicyclic amines) is 1. The van der Waals surface area contributed by atoms with Gasteiger partial charge < -0.3 is 30.0 Å². The van der Waals surface area contributed by atoms with Gasteiger partial charge in [-0.15, -0.1) is 0 Å². The fourth-order valence-electron chi connectivity index (χ4n) is 5.65. The maximum Gasteiger partial charge on any atom is 0.272 e. The largest absolute Gasteiger partial charge is 0.361 e. The average Bonchev–Trinajstić information content (AvgIpc) is 3.83. The second-order valence-electron chi connectivity index (χ2n) is 11.8. The van der Waals surface area contributed by atoms with Gasteiger partial charge in [-0.1, -0.05) is 30.4 Å². The number of carbonyl (C=O) groups is 3. The molecule has 1 aliphatic heterocycles. The van der Waals surface area contributed by atoms with Crippen molar-refractivity contribution >= 4 is 58.1 Å². The van der Waals surface area contributed by atoms with Gasteiger partial charge in [-0.25, -0.2) is 4.63 Å². The zero-order chi connectivity index (χ0) is 34.3. The molecular formula is C35H37N9O4. The summed E-state index contributed by atoms with van der Waals surface area (Å²) in [5.74, 6) is -0.320. The molecule has 6 rings (SSSR count). The van der Waals surface area contributed by atoms with Crippen molar-refractivity contribution in [2.24, 2.45) is 14.1 Å². The van der Waals surface area contributed by atoms with Crippen LogP contribution in [0.3, 0.4) is 0 Å². The Balaban J connectivity index is 1.01. The number of nitrogens with one attached hydrogen (secondary N) is 4. The molecule has 0 radical (unpaired) electrons. The number of anilines is 2. The topological polar surface area (TPSA) is 163 Å². The van der Waals surface area contributed by atoms with Gasteiger partial charge in [-0.3, -0.25) is 19.8 Å². The second kappa shape index (κ2) is 14.2. The van der Waals surface area contributed by atoms with E-state index in [4.69, 9.17) is 6.04 Å². The SMILES string of the molecule is [H]/N=C(\CCNC(=O)c1cc(NC(=O)c2cc(NC(=O)c3ccc(C=Cc4ccc5nonc5c4)cc3)cn2C)cn1C)N1CCCCC1. The molecule has 13 nitrogen and oxygen atoms in total. The van der Waals surface area contributed by atoms with Gasteiger partial charge in [0.25, 0.3) is 17.7 Å². The van der Waals surface area contributed by atoms with Crippen LogP contribution in [0.15, 0.2) is 71.6 Å². The van der Waals surface area contributed by atoms with E-state index in [1.165, 1.54) is 6.42 Å². The van der Waals surface area contributed by atoms with Crippen LogP contribution < -0.4 is 16.0 Å². The van der Waals surface area contributed by atoms with E-state index in [1.807, 2.05) is 42.5 Å². The Hall–Kier alpha value is -5.98. The first-order chi connectivity index (χ1) is 23.8. The van der Waals surface area contributed by atoms with Crippen LogP contribution in [0.5, 0.6) is 0 Å². The number of aromatic nitrogens is 4. The number of piperidine rings is 1. The molecule has 48 heavy (non-hydrogen) atoms. The molecule has 0 aliphatic carbocycles. The third-order valence-electron chi connectivity index (χ3n) is 8.27. The van der Waals surface area contributed by atoms with Crippen molar-refractivity contribution in [1.82, 2.24) is 29.7 Å². The summed E-state index contributed by atoms with van der Waals surface area (Å²) in [6.07, 6.45) is 11.0. The van der Waals surface area contributed by atoms with E-state index < -0.39 is 5.91 Å². The fraction of sp³-hybridized carbons (Fsp3) is 0.257. The van der Waals surface area contributed by atoms with Crippen LogP contribution in [0.2, 0.25) is 1.41 Å². The van der Waals surface area contributed by atoms with E-state index in [0.29, 0.717) is 58.2 Å². The molecule has 0 bridgehead atoms. The lowest BCUT2D eigenvalue weighted by molar-refractivity contribution is 0.0944. The Kier molecular flexibility index (Phi) is 9.07. The zero-order valence-corrected chi connectivity index (χ0v) is 26.8. The minimum Gasteiger partial charge on any atom is -0.361 e. The number of rotatable bonds is 10. The normalized spacial score (nSPS) is 13.9. The predicted molar refractivity (Wildman–Crippen MR) is 184 cm³/mol. The Morgan fingerprint density at radius 1 is 0.812 bits per heavy atom. The molecule has 5 aromatic rings. The molecule has 2 aromatic carbocycles. The van der Waals surface area contributed by atoms with Crippen LogP contribution in [-0.2, 0) is 14.1 Å². The van der Waals surface area contributed by atoms with Crippen LogP contribution in [0.1, 0.15) is 68.1 Å². The van der Waals surface area contributed by atoms with Crippen molar-refractivity contribution in [2.75, 3.05) is 30.3 Å². The molecule has 0 saturated carbocycles. The Labute approximate surface area is 278 Å². The summed E-state index contributed by atoms with van der Waals surface area (Å²) in [7, 11) is 3.44. The Bertz CT molecular complexity index is 2030. The van der Waals surface area contributed by atoms with E-state index in [0.717, 1.165) is 37.1 Å². The summed E-state index contributed by atoms with van der Waals surface area (Å²) in [6.45, 7) is 2.12. The summed E-state index contributed by atoms with van der Waals surface area (Å²) in [5.41, 5.74) is 5.31. The van der Waals surface area contributed by atoms with E-state index in [-0.39, 0.29) is 11.8 Å². The van der Waals surface area contributed by atoms with E-state index in [1.54, 1.807) is 59.9 Å². The van der Waals surface area contributed by atoms with Crippen LogP contribution in [0.4, 0.5) is 11.4 Å². The standard InChI is InChI=1S/C35H37N9O4/c1-42-22-27(19-30(42)34(46)37-15-14-32(36)44-16-4-3-5-17-44)39-35(47)31-20-26(21-43(31)2)38-33(45)25-11-8-23(9-12-25)6-7-24-10-13-28-29(18-24)41-48-40-28/h6-13,18-22,36H,3-5,14-17H2,1-2H3,(H,37,46)(H,38,45)(H,39,47)/b7-6?,36-32+. The lowest BCUT2D eigenvalue weighted by Crippen LogP contribution is -2.37. The summed E-state index contributed by atoms with van der Waals surface area (Å²) in [4.78, 5) is 41.2. The highest BCUT2D eigenvalue weighted by atomic mass is 16.6. The molecule has 3 amide bonds. The molecular weight excluding hydrogens is 610 g/mol. The molecule has 0 atom stereocenters.